The Balaban J connectivity index is 0.793. The summed E-state index contributed by atoms with van der Waals surface area (Å²) < 4.78 is 301. The first-order chi connectivity index (χ1) is 72.1. The number of hydrogen-bond acceptors (Lipinski definition) is 8. The number of rotatable bonds is 9. The Bertz CT molecular complexity index is 9400. The lowest BCUT2D eigenvalue weighted by molar-refractivity contribution is 0.584. The molecule has 0 fully saturated rings. The molecular weight excluding hydrogens is 1940 g/mol. The van der Waals surface area contributed by atoms with Gasteiger partial charge in [-0.25, -0.2) is 70.2 Å². The van der Waals surface area contributed by atoms with E-state index in [1.54, 1.807) is 109 Å². The van der Waals surface area contributed by atoms with Crippen molar-refractivity contribution in [2.24, 2.45) is 0 Å². The van der Waals surface area contributed by atoms with Crippen molar-refractivity contribution in [3.63, 3.8) is 0 Å². The van der Waals surface area contributed by atoms with Crippen molar-refractivity contribution in [2.75, 3.05) is 29.4 Å². The number of anilines is 18. The van der Waals surface area contributed by atoms with Gasteiger partial charge in [-0.2, -0.15) is 0 Å². The average molecular weight is 2000 g/mol. The standard InChI is InChI=1S/C118H56B3F16N9S2/c122-72-27-9-23-62-63-24-10-28-73(123)106(63)139(105(62)72)58-49-96-103-98(51-58)145(115-84(134)39-17-40-85(115)135)109-66-21-3-7-45-100(66)147-117(109)120(103)70-53-68-90(55-92(70)143(96)113-80(130)35-15-36-81(113)131)141(111-76(126)31-13-32-77(111)127)94-47-57(138-88-43-5-1-19-60(88)61-20-2-6-44-89(61)138)48-95-102(94)119(68)69-54-71-93(56-91(69)142(95)112-78(128)33-14-34-79(112)129)144(114-82(132)37-16-38-83(114)133)97-50-59(140-107-64(25-11-29-74(107)124)65-26-12-30-75(125)108(65)140)52-99-104(97)121(71)118-110(67-22-4-8-46-101(67)148-118)146(99)116-86(136)41-18-42-87(116)137/h1-56H. The van der Waals surface area contributed by atoms with Crippen LogP contribution in [0.2, 0.25) is 0 Å². The fourth-order valence-corrected chi connectivity index (χ4v) is 27.2. The largest absolute Gasteiger partial charge is 0.309 e. The van der Waals surface area contributed by atoms with E-state index in [1.807, 2.05) is 41.0 Å². The van der Waals surface area contributed by atoms with Crippen LogP contribution in [0.25, 0.3) is 103 Å². The topological polar surface area (TPSA) is 34.2 Å². The van der Waals surface area contributed by atoms with Crippen LogP contribution in [0.4, 0.5) is 173 Å². The van der Waals surface area contributed by atoms with E-state index in [0.717, 1.165) is 97.1 Å². The Morgan fingerprint density at radius 2 is 0.385 bits per heavy atom. The molecule has 0 radical (unpaired) electrons. The molecule has 0 bridgehead atoms. The second kappa shape index (κ2) is 31.0. The molecule has 30 heteroatoms. The fraction of sp³-hybridized carbons (Fsp3) is 0. The average Bonchev–Trinajstić information content (AvgIpc) is 1.00. The lowest BCUT2D eigenvalue weighted by Crippen LogP contribution is -2.66. The quantitative estimate of drug-likeness (QED) is 0.106. The van der Waals surface area contributed by atoms with Crippen LogP contribution in [0.5, 0.6) is 0 Å². The minimum absolute atomic E-state index is 0.0582. The van der Waals surface area contributed by atoms with E-state index in [9.17, 15) is 0 Å². The summed E-state index contributed by atoms with van der Waals surface area (Å²) in [5, 5.41) is 3.09. The number of aromatic nitrogens is 3. The third-order valence-electron chi connectivity index (χ3n) is 30.1. The summed E-state index contributed by atoms with van der Waals surface area (Å²) >= 11 is 2.39. The second-order valence-corrected chi connectivity index (χ2v) is 39.7. The van der Waals surface area contributed by atoms with Crippen molar-refractivity contribution >= 4 is 279 Å². The van der Waals surface area contributed by atoms with Crippen LogP contribution in [0.1, 0.15) is 0 Å². The van der Waals surface area contributed by atoms with Gasteiger partial charge >= 0.3 is 0 Å². The molecule has 0 saturated carbocycles. The van der Waals surface area contributed by atoms with E-state index in [4.69, 9.17) is 0 Å². The molecule has 30 rings (SSSR count). The maximum Gasteiger partial charge on any atom is 0.264 e. The van der Waals surface area contributed by atoms with Gasteiger partial charge in [0.2, 0.25) is 0 Å². The number of thiophene rings is 2. The number of hydrogen-bond donors (Lipinski definition) is 0. The van der Waals surface area contributed by atoms with Crippen LogP contribution in [-0.2, 0) is 0 Å². The normalized spacial score (nSPS) is 13.6. The molecule has 9 nitrogen and oxygen atoms in total. The predicted octanol–water partition coefficient (Wildman–Crippen LogP) is 27.9. The second-order valence-electron chi connectivity index (χ2n) is 37.6. The van der Waals surface area contributed by atoms with E-state index < -0.39 is 147 Å². The van der Waals surface area contributed by atoms with Crippen LogP contribution < -0.4 is 77.2 Å². The molecule has 706 valence electrons. The van der Waals surface area contributed by atoms with Gasteiger partial charge in [-0.3, -0.25) is 0 Å². The molecule has 0 saturated heterocycles. The number of para-hydroxylation sites is 12. The Kier molecular flexibility index (Phi) is 18.0. The Labute approximate surface area is 836 Å². The number of benzene rings is 19. The lowest BCUT2D eigenvalue weighted by atomic mass is 9.30. The number of fused-ring (bicyclic) bond motifs is 25. The molecular formula is C118H56B3F16N9S2. The number of nitrogens with zero attached hydrogens (tertiary/aromatic N) is 9. The van der Waals surface area contributed by atoms with Gasteiger partial charge in [0.1, 0.15) is 127 Å². The highest BCUT2D eigenvalue weighted by Crippen LogP contribution is 2.59. The summed E-state index contributed by atoms with van der Waals surface area (Å²) in [5.41, 5.74) is -4.50. The first kappa shape index (κ1) is 85.9. The number of halogens is 16. The third kappa shape index (κ3) is 11.5. The molecule has 0 N–H and O–H groups in total. The van der Waals surface area contributed by atoms with Crippen molar-refractivity contribution in [3.05, 3.63) is 433 Å². The van der Waals surface area contributed by atoms with Crippen molar-refractivity contribution < 1.29 is 70.2 Å². The van der Waals surface area contributed by atoms with Gasteiger partial charge in [-0.05, 0) is 208 Å². The van der Waals surface area contributed by atoms with Crippen molar-refractivity contribution in [1.29, 1.82) is 0 Å². The Morgan fingerprint density at radius 1 is 0.169 bits per heavy atom. The smallest absolute Gasteiger partial charge is 0.264 e. The van der Waals surface area contributed by atoms with E-state index in [2.05, 4.69) is 0 Å². The molecule has 0 aliphatic carbocycles. The van der Waals surface area contributed by atoms with E-state index in [-0.39, 0.29) is 167 Å². The van der Waals surface area contributed by atoms with Crippen LogP contribution in [0, 0.1) is 93.1 Å². The molecule has 0 unspecified atom stereocenters. The molecule has 148 heavy (non-hydrogen) atoms. The van der Waals surface area contributed by atoms with Crippen LogP contribution in [0.3, 0.4) is 0 Å². The van der Waals surface area contributed by atoms with E-state index >= 15 is 70.2 Å². The molecule has 6 aliphatic heterocycles. The zero-order valence-corrected chi connectivity index (χ0v) is 77.6. The molecule has 5 aromatic heterocycles. The van der Waals surface area contributed by atoms with Crippen LogP contribution in [-0.4, -0.2) is 33.8 Å². The maximum absolute atomic E-state index is 19.1. The molecule has 0 spiro atoms. The van der Waals surface area contributed by atoms with Gasteiger partial charge in [0.25, 0.3) is 20.1 Å². The summed E-state index contributed by atoms with van der Waals surface area (Å²) in [6.07, 6.45) is 0. The minimum atomic E-state index is -1.55. The zero-order chi connectivity index (χ0) is 99.7. The zero-order valence-electron chi connectivity index (χ0n) is 76.0. The molecule has 11 heterocycles. The van der Waals surface area contributed by atoms with Gasteiger partial charge in [0, 0.05) is 119 Å². The van der Waals surface area contributed by atoms with Gasteiger partial charge in [0.15, 0.2) is 0 Å². The van der Waals surface area contributed by atoms with Crippen molar-refractivity contribution in [1.82, 2.24) is 13.7 Å². The summed E-state index contributed by atoms with van der Waals surface area (Å²) in [7, 11) is 0. The minimum Gasteiger partial charge on any atom is -0.309 e. The van der Waals surface area contributed by atoms with Crippen LogP contribution in [0.15, 0.2) is 340 Å². The van der Waals surface area contributed by atoms with Gasteiger partial charge in [0.05, 0.1) is 61.5 Å². The highest BCUT2D eigenvalue weighted by atomic mass is 32.1. The summed E-state index contributed by atoms with van der Waals surface area (Å²) in [6, 6.07) is 80.6. The van der Waals surface area contributed by atoms with Crippen molar-refractivity contribution in [3.8, 4) is 17.1 Å². The molecule has 24 aromatic rings. The third-order valence-corrected chi connectivity index (χ3v) is 32.6. The summed E-state index contributed by atoms with van der Waals surface area (Å²) in [4.78, 5) is 7.80. The lowest BCUT2D eigenvalue weighted by Gasteiger charge is -2.48. The summed E-state index contributed by atoms with van der Waals surface area (Å²) in [6.45, 7) is -4.25. The Hall–Kier alpha value is -17.6. The first-order valence-corrected chi connectivity index (χ1v) is 48.9. The molecule has 19 aromatic carbocycles. The van der Waals surface area contributed by atoms with Gasteiger partial charge < -0.3 is 43.1 Å². The predicted molar refractivity (Wildman–Crippen MR) is 562 cm³/mol. The van der Waals surface area contributed by atoms with Crippen molar-refractivity contribution in [2.45, 2.75) is 0 Å². The highest BCUT2D eigenvalue weighted by Gasteiger charge is 2.55. The maximum atomic E-state index is 19.1. The molecule has 6 aliphatic rings. The SMILES string of the molecule is Fc1cccc(F)c1N1c2cc3c(cc2B2c4cc5c(cc4N(c4c(F)cccc4F)c4cc(-n6c7ccccc7c7ccccc76)cc1c42)N(c1c(F)cccc1F)c1cc(-n2c4c(F)cccc4c4cccc(F)c42)cc2c1B5c1sc4ccccc4c1N2c1c(F)cccc1F)B1c2sc4ccccc4c2N(c2c(F)cccc2F)c2cc(-n4c5c(F)cccc5c5cccc(F)c54)cc(c21)N3c1c(F)cccc1F. The van der Waals surface area contributed by atoms with E-state index in [1.165, 1.54) is 158 Å². The van der Waals surface area contributed by atoms with Gasteiger partial charge in [-0.1, -0.05) is 170 Å². The summed E-state index contributed by atoms with van der Waals surface area (Å²) in [5.74, 6) is -17.5. The first-order valence-electron chi connectivity index (χ1n) is 47.2. The van der Waals surface area contributed by atoms with Gasteiger partial charge in [-0.15, -0.1) is 22.7 Å². The van der Waals surface area contributed by atoms with E-state index in [0.29, 0.717) is 51.5 Å². The van der Waals surface area contributed by atoms with Crippen LogP contribution >= 0.6 is 22.7 Å². The Morgan fingerprint density at radius 3 is 0.676 bits per heavy atom. The molecule has 0 atom stereocenters. The molecule has 0 amide bonds. The fourth-order valence-electron chi connectivity index (χ4n) is 24.6. The highest BCUT2D eigenvalue weighted by molar-refractivity contribution is 7.34. The monoisotopic (exact) mass is 2000 g/mol.